The summed E-state index contributed by atoms with van der Waals surface area (Å²) in [5.41, 5.74) is 0. The number of methoxy groups -OCH3 is 1. The molecular weight excluding hydrogens is 271 g/mol. The van der Waals surface area contributed by atoms with E-state index in [0.29, 0.717) is 6.42 Å². The summed E-state index contributed by atoms with van der Waals surface area (Å²) in [5, 5.41) is 0. The Morgan fingerprint density at radius 2 is 1.74 bits per heavy atom. The van der Waals surface area contributed by atoms with Crippen molar-refractivity contribution in [2.75, 3.05) is 20.3 Å². The summed E-state index contributed by atoms with van der Waals surface area (Å²) in [6, 6.07) is 0. The van der Waals surface area contributed by atoms with Crippen molar-refractivity contribution in [1.82, 2.24) is 0 Å². The second-order valence-corrected chi connectivity index (χ2v) is 5.20. The minimum atomic E-state index is -3.66. The number of ether oxygens (including phenoxy) is 1. The van der Waals surface area contributed by atoms with Gasteiger partial charge in [0, 0.05) is 6.42 Å². The van der Waals surface area contributed by atoms with Crippen molar-refractivity contribution < 1.29 is 27.7 Å². The van der Waals surface area contributed by atoms with E-state index in [1.165, 1.54) is 13.2 Å². The molecule has 6 nitrogen and oxygen atoms in total. The highest BCUT2D eigenvalue weighted by molar-refractivity contribution is 7.48. The van der Waals surface area contributed by atoms with Gasteiger partial charge in [0.25, 0.3) is 0 Å². The maximum Gasteiger partial charge on any atom is 0.529 e. The van der Waals surface area contributed by atoms with Crippen LogP contribution >= 0.6 is 7.82 Å². The number of hydrogen-bond donors (Lipinski definition) is 0. The van der Waals surface area contributed by atoms with Crippen LogP contribution in [0.25, 0.3) is 0 Å². The van der Waals surface area contributed by atoms with Crippen LogP contribution in [0.3, 0.4) is 0 Å². The molecule has 7 heteroatoms. The summed E-state index contributed by atoms with van der Waals surface area (Å²) in [7, 11) is -2.39. The highest BCUT2D eigenvalue weighted by atomic mass is 31.2. The van der Waals surface area contributed by atoms with Crippen LogP contribution in [0.4, 0.5) is 0 Å². The first-order valence-corrected chi connectivity index (χ1v) is 7.84. The molecule has 112 valence electrons. The molecule has 0 bridgehead atoms. The Balaban J connectivity index is 4.89. The van der Waals surface area contributed by atoms with Gasteiger partial charge in [0.05, 0.1) is 26.4 Å². The summed E-state index contributed by atoms with van der Waals surface area (Å²) in [4.78, 5) is 11.2. The molecule has 0 aromatic heterocycles. The molecule has 0 amide bonds. The van der Waals surface area contributed by atoms with Gasteiger partial charge >= 0.3 is 13.8 Å². The number of esters is 1. The molecule has 0 aromatic carbocycles. The Bertz CT molecular complexity index is 329. The van der Waals surface area contributed by atoms with E-state index in [9.17, 15) is 9.36 Å². The molecule has 0 atom stereocenters. The molecular formula is C12H23O6P. The lowest BCUT2D eigenvalue weighted by Gasteiger charge is -2.18. The number of carbonyl (C=O) groups excluding carboxylic acids is 1. The Morgan fingerprint density at radius 1 is 1.16 bits per heavy atom. The van der Waals surface area contributed by atoms with Crippen molar-refractivity contribution >= 4 is 13.8 Å². The third-order valence-corrected chi connectivity index (χ3v) is 3.67. The number of rotatable bonds is 10. The lowest BCUT2D eigenvalue weighted by molar-refractivity contribution is -0.135. The summed E-state index contributed by atoms with van der Waals surface area (Å²) < 4.78 is 32.0. The molecule has 0 heterocycles. The van der Waals surface area contributed by atoms with Crippen molar-refractivity contribution in [2.24, 2.45) is 0 Å². The number of carbonyl (C=O) groups is 1. The topological polar surface area (TPSA) is 71.1 Å². The molecule has 19 heavy (non-hydrogen) atoms. The monoisotopic (exact) mass is 294 g/mol. The molecule has 0 unspecified atom stereocenters. The average Bonchev–Trinajstić information content (AvgIpc) is 2.36. The fourth-order valence-corrected chi connectivity index (χ4v) is 2.48. The van der Waals surface area contributed by atoms with Crippen LogP contribution in [0.2, 0.25) is 0 Å². The standard InChI is InChI=1S/C12H23O6P/c1-5-8-9-11(10-12(13)15-4)18-19(14,16-6-2)17-7-3/h10H,5-9H2,1-4H3/b11-10-. The van der Waals surface area contributed by atoms with Gasteiger partial charge < -0.3 is 9.26 Å². The minimum Gasteiger partial charge on any atom is -0.466 e. The van der Waals surface area contributed by atoms with Crippen molar-refractivity contribution in [3.05, 3.63) is 11.8 Å². The van der Waals surface area contributed by atoms with Gasteiger partial charge in [-0.05, 0) is 20.3 Å². The van der Waals surface area contributed by atoms with Gasteiger partial charge in [-0.3, -0.25) is 9.05 Å². The van der Waals surface area contributed by atoms with Crippen LogP contribution < -0.4 is 0 Å². The Labute approximate surface area is 114 Å². The normalized spacial score (nSPS) is 12.3. The highest BCUT2D eigenvalue weighted by Gasteiger charge is 2.28. The summed E-state index contributed by atoms with van der Waals surface area (Å²) >= 11 is 0. The van der Waals surface area contributed by atoms with Crippen LogP contribution in [-0.4, -0.2) is 26.3 Å². The van der Waals surface area contributed by atoms with E-state index >= 15 is 0 Å². The predicted molar refractivity (Wildman–Crippen MR) is 71.6 cm³/mol. The van der Waals surface area contributed by atoms with Gasteiger partial charge in [-0.25, -0.2) is 9.36 Å². The largest absolute Gasteiger partial charge is 0.529 e. The number of allylic oxidation sites excluding steroid dienone is 1. The van der Waals surface area contributed by atoms with E-state index in [4.69, 9.17) is 13.6 Å². The molecule has 0 aliphatic carbocycles. The van der Waals surface area contributed by atoms with Crippen molar-refractivity contribution in [3.8, 4) is 0 Å². The van der Waals surface area contributed by atoms with Crippen molar-refractivity contribution in [1.29, 1.82) is 0 Å². The molecule has 0 fully saturated rings. The predicted octanol–water partition coefficient (Wildman–Crippen LogP) is 3.43. The van der Waals surface area contributed by atoms with Gasteiger partial charge in [0.1, 0.15) is 5.76 Å². The van der Waals surface area contributed by atoms with Crippen LogP contribution in [0.15, 0.2) is 11.8 Å². The van der Waals surface area contributed by atoms with E-state index in [1.54, 1.807) is 13.8 Å². The zero-order valence-corrected chi connectivity index (χ0v) is 12.9. The Morgan fingerprint density at radius 3 is 2.16 bits per heavy atom. The third kappa shape index (κ3) is 8.03. The third-order valence-electron chi connectivity index (χ3n) is 2.06. The van der Waals surface area contributed by atoms with Crippen LogP contribution in [0, 0.1) is 0 Å². The number of phosphoric acid groups is 1. The first-order chi connectivity index (χ1) is 9.01. The van der Waals surface area contributed by atoms with Gasteiger partial charge in [0.2, 0.25) is 0 Å². The van der Waals surface area contributed by atoms with Gasteiger partial charge in [0.15, 0.2) is 0 Å². The molecule has 0 saturated carbocycles. The maximum atomic E-state index is 12.2. The SMILES string of the molecule is CCCC/C(=C/C(=O)OC)OP(=O)(OCC)OCC. The zero-order chi connectivity index (χ0) is 14.7. The van der Waals surface area contributed by atoms with Gasteiger partial charge in [-0.1, -0.05) is 13.3 Å². The molecule has 0 aliphatic heterocycles. The van der Waals surface area contributed by atoms with Gasteiger partial charge in [-0.15, -0.1) is 0 Å². The summed E-state index contributed by atoms with van der Waals surface area (Å²) in [5.74, 6) is -0.315. The number of phosphoric ester groups is 1. The molecule has 0 rings (SSSR count). The number of hydrogen-bond acceptors (Lipinski definition) is 6. The quantitative estimate of drug-likeness (QED) is 0.266. The van der Waals surface area contributed by atoms with E-state index in [2.05, 4.69) is 4.74 Å². The average molecular weight is 294 g/mol. The second-order valence-electron chi connectivity index (χ2n) is 3.61. The fourth-order valence-electron chi connectivity index (χ4n) is 1.24. The zero-order valence-electron chi connectivity index (χ0n) is 12.0. The molecule has 0 N–H and O–H groups in total. The minimum absolute atomic E-state index is 0.191. The lowest BCUT2D eigenvalue weighted by Crippen LogP contribution is -2.04. The summed E-state index contributed by atoms with van der Waals surface area (Å²) in [6.45, 7) is 5.75. The lowest BCUT2D eigenvalue weighted by atomic mass is 10.2. The van der Waals surface area contributed by atoms with E-state index < -0.39 is 13.8 Å². The van der Waals surface area contributed by atoms with Crippen molar-refractivity contribution in [2.45, 2.75) is 40.0 Å². The number of unbranched alkanes of at least 4 members (excludes halogenated alkanes) is 1. The van der Waals surface area contributed by atoms with Crippen molar-refractivity contribution in [3.63, 3.8) is 0 Å². The smallest absolute Gasteiger partial charge is 0.466 e. The molecule has 0 saturated heterocycles. The van der Waals surface area contributed by atoms with E-state index in [-0.39, 0.29) is 19.0 Å². The first kappa shape index (κ1) is 18.2. The van der Waals surface area contributed by atoms with E-state index in [1.807, 2.05) is 6.92 Å². The molecule has 0 aliphatic rings. The van der Waals surface area contributed by atoms with E-state index in [0.717, 1.165) is 12.8 Å². The van der Waals surface area contributed by atoms with Crippen LogP contribution in [-0.2, 0) is 27.7 Å². The van der Waals surface area contributed by atoms with Gasteiger partial charge in [-0.2, -0.15) is 0 Å². The maximum absolute atomic E-state index is 12.2. The van der Waals surface area contributed by atoms with Crippen LogP contribution in [0.1, 0.15) is 40.0 Å². The molecule has 0 spiro atoms. The van der Waals surface area contributed by atoms with Crippen LogP contribution in [0.5, 0.6) is 0 Å². The first-order valence-electron chi connectivity index (χ1n) is 6.38. The molecule has 0 radical (unpaired) electrons. The summed E-state index contributed by atoms with van der Waals surface area (Å²) in [6.07, 6.45) is 3.34. The molecule has 0 aromatic rings. The second kappa shape index (κ2) is 10.0. The Hall–Kier alpha value is -0.840. The Kier molecular flexibility index (Phi) is 9.57. The highest BCUT2D eigenvalue weighted by Crippen LogP contribution is 2.51. The fraction of sp³-hybridized carbons (Fsp3) is 0.750.